The highest BCUT2D eigenvalue weighted by Gasteiger charge is 2.47. The summed E-state index contributed by atoms with van der Waals surface area (Å²) in [6.07, 6.45) is 7.63. The van der Waals surface area contributed by atoms with E-state index in [2.05, 4.69) is 20.3 Å². The second kappa shape index (κ2) is 6.48. The molecule has 8 heteroatoms. The van der Waals surface area contributed by atoms with Crippen molar-refractivity contribution >= 4 is 29.1 Å². The Morgan fingerprint density at radius 3 is 2.92 bits per heavy atom. The quantitative estimate of drug-likeness (QED) is 0.851. The monoisotopic (exact) mass is 358 g/mol. The van der Waals surface area contributed by atoms with Crippen molar-refractivity contribution in [3.8, 4) is 0 Å². The number of rotatable bonds is 5. The van der Waals surface area contributed by atoms with Crippen molar-refractivity contribution in [1.29, 1.82) is 0 Å². The SMILES string of the molecule is Nc1ncnc(NC[C@@H]2CC(=O)N(C3CC3)[C@H]2c2cccnc2)c1Cl. The van der Waals surface area contributed by atoms with E-state index in [1.807, 2.05) is 23.2 Å². The largest absolute Gasteiger partial charge is 0.382 e. The minimum Gasteiger partial charge on any atom is -0.382 e. The molecule has 0 aromatic carbocycles. The van der Waals surface area contributed by atoms with Gasteiger partial charge in [-0.05, 0) is 24.5 Å². The number of hydrogen-bond donors (Lipinski definition) is 2. The molecule has 0 bridgehead atoms. The van der Waals surface area contributed by atoms with Crippen LogP contribution in [-0.4, -0.2) is 38.3 Å². The Labute approximate surface area is 150 Å². The maximum absolute atomic E-state index is 12.6. The van der Waals surface area contributed by atoms with Crippen molar-refractivity contribution in [2.75, 3.05) is 17.6 Å². The molecule has 0 radical (unpaired) electrons. The third-order valence-electron chi connectivity index (χ3n) is 4.79. The van der Waals surface area contributed by atoms with Crippen LogP contribution in [0.25, 0.3) is 0 Å². The molecule has 2 aromatic heterocycles. The van der Waals surface area contributed by atoms with Crippen molar-refractivity contribution in [2.45, 2.75) is 31.3 Å². The zero-order valence-corrected chi connectivity index (χ0v) is 14.4. The van der Waals surface area contributed by atoms with E-state index in [1.54, 1.807) is 6.20 Å². The molecule has 1 aliphatic heterocycles. The number of hydrogen-bond acceptors (Lipinski definition) is 6. The standard InChI is InChI=1S/C17H19ClN6O/c18-14-16(19)22-9-23-17(14)21-8-11-6-13(25)24(12-3-4-12)15(11)10-2-1-5-20-7-10/h1-2,5,7,9,11-12,15H,3-4,6,8H2,(H3,19,21,22,23)/t11-,15-/m0/s1. The van der Waals surface area contributed by atoms with E-state index < -0.39 is 0 Å². The average molecular weight is 359 g/mol. The van der Waals surface area contributed by atoms with Gasteiger partial charge in [0, 0.05) is 37.3 Å². The smallest absolute Gasteiger partial charge is 0.223 e. The van der Waals surface area contributed by atoms with Gasteiger partial charge in [0.1, 0.15) is 23.0 Å². The van der Waals surface area contributed by atoms with Gasteiger partial charge in [-0.15, -0.1) is 0 Å². The van der Waals surface area contributed by atoms with E-state index in [4.69, 9.17) is 17.3 Å². The highest BCUT2D eigenvalue weighted by Crippen LogP contribution is 2.44. The van der Waals surface area contributed by atoms with Gasteiger partial charge in [0.05, 0.1) is 6.04 Å². The minimum atomic E-state index is 0.0270. The van der Waals surface area contributed by atoms with Crippen molar-refractivity contribution < 1.29 is 4.79 Å². The number of pyridine rings is 1. The lowest BCUT2D eigenvalue weighted by Crippen LogP contribution is -2.32. The summed E-state index contributed by atoms with van der Waals surface area (Å²) in [6, 6.07) is 4.34. The number of aromatic nitrogens is 3. The lowest BCUT2D eigenvalue weighted by Gasteiger charge is -2.28. The summed E-state index contributed by atoms with van der Waals surface area (Å²) in [7, 11) is 0. The second-order valence-electron chi connectivity index (χ2n) is 6.53. The molecular formula is C17H19ClN6O. The number of anilines is 2. The maximum Gasteiger partial charge on any atom is 0.223 e. The number of nitrogen functional groups attached to an aromatic ring is 1. The highest BCUT2D eigenvalue weighted by atomic mass is 35.5. The first kappa shape index (κ1) is 16.1. The van der Waals surface area contributed by atoms with E-state index in [0.717, 1.165) is 18.4 Å². The van der Waals surface area contributed by atoms with Gasteiger partial charge in [0.25, 0.3) is 0 Å². The number of amides is 1. The minimum absolute atomic E-state index is 0.0270. The molecule has 130 valence electrons. The molecule has 2 fully saturated rings. The van der Waals surface area contributed by atoms with Crippen LogP contribution in [0, 0.1) is 5.92 Å². The van der Waals surface area contributed by atoms with Crippen molar-refractivity contribution in [2.24, 2.45) is 5.92 Å². The van der Waals surface area contributed by atoms with Gasteiger partial charge >= 0.3 is 0 Å². The molecule has 0 unspecified atom stereocenters. The predicted molar refractivity (Wildman–Crippen MR) is 94.9 cm³/mol. The highest BCUT2D eigenvalue weighted by molar-refractivity contribution is 6.35. The van der Waals surface area contributed by atoms with Crippen LogP contribution < -0.4 is 11.1 Å². The van der Waals surface area contributed by atoms with Crippen molar-refractivity contribution in [3.05, 3.63) is 41.4 Å². The summed E-state index contributed by atoms with van der Waals surface area (Å²) in [4.78, 5) is 26.9. The molecule has 2 aliphatic rings. The molecule has 7 nitrogen and oxygen atoms in total. The molecule has 0 spiro atoms. The van der Waals surface area contributed by atoms with Gasteiger partial charge in [-0.25, -0.2) is 9.97 Å². The zero-order chi connectivity index (χ0) is 17.4. The van der Waals surface area contributed by atoms with E-state index >= 15 is 0 Å². The summed E-state index contributed by atoms with van der Waals surface area (Å²) < 4.78 is 0. The van der Waals surface area contributed by atoms with Gasteiger partial charge in [-0.1, -0.05) is 17.7 Å². The Morgan fingerprint density at radius 2 is 2.20 bits per heavy atom. The fraction of sp³-hybridized carbons (Fsp3) is 0.412. The van der Waals surface area contributed by atoms with Gasteiger partial charge in [0.15, 0.2) is 0 Å². The van der Waals surface area contributed by atoms with Crippen LogP contribution in [0.2, 0.25) is 5.02 Å². The van der Waals surface area contributed by atoms with E-state index in [0.29, 0.717) is 29.8 Å². The molecule has 1 saturated heterocycles. The van der Waals surface area contributed by atoms with Crippen LogP contribution in [0.15, 0.2) is 30.9 Å². The molecule has 3 heterocycles. The third kappa shape index (κ3) is 3.11. The van der Waals surface area contributed by atoms with Crippen LogP contribution >= 0.6 is 11.6 Å². The van der Waals surface area contributed by atoms with Crippen LogP contribution in [-0.2, 0) is 4.79 Å². The first-order valence-electron chi connectivity index (χ1n) is 8.36. The number of halogens is 1. The zero-order valence-electron chi connectivity index (χ0n) is 13.6. The lowest BCUT2D eigenvalue weighted by atomic mass is 9.94. The van der Waals surface area contributed by atoms with Gasteiger partial charge in [0.2, 0.25) is 5.91 Å². The third-order valence-corrected chi connectivity index (χ3v) is 5.16. The molecule has 1 saturated carbocycles. The normalized spacial score (nSPS) is 23.1. The summed E-state index contributed by atoms with van der Waals surface area (Å²) in [5.74, 6) is 1.06. The number of nitrogens with two attached hydrogens (primary N) is 1. The van der Waals surface area contributed by atoms with Crippen LogP contribution in [0.1, 0.15) is 30.9 Å². The van der Waals surface area contributed by atoms with Gasteiger partial charge in [-0.3, -0.25) is 9.78 Å². The fourth-order valence-corrected chi connectivity index (χ4v) is 3.67. The summed E-state index contributed by atoms with van der Waals surface area (Å²) in [5.41, 5.74) is 6.79. The Morgan fingerprint density at radius 1 is 1.36 bits per heavy atom. The first-order chi connectivity index (χ1) is 12.1. The number of likely N-dealkylation sites (tertiary alicyclic amines) is 1. The fourth-order valence-electron chi connectivity index (χ4n) is 3.51. The van der Waals surface area contributed by atoms with Crippen LogP contribution in [0.5, 0.6) is 0 Å². The molecule has 3 N–H and O–H groups in total. The number of nitrogens with one attached hydrogen (secondary N) is 1. The average Bonchev–Trinajstić information content (AvgIpc) is 3.40. The molecule has 4 rings (SSSR count). The molecule has 25 heavy (non-hydrogen) atoms. The van der Waals surface area contributed by atoms with Crippen LogP contribution in [0.4, 0.5) is 11.6 Å². The van der Waals surface area contributed by atoms with Gasteiger partial charge in [-0.2, -0.15) is 0 Å². The van der Waals surface area contributed by atoms with E-state index in [-0.39, 0.29) is 23.7 Å². The van der Waals surface area contributed by atoms with Crippen molar-refractivity contribution in [3.63, 3.8) is 0 Å². The maximum atomic E-state index is 12.6. The lowest BCUT2D eigenvalue weighted by molar-refractivity contribution is -0.129. The van der Waals surface area contributed by atoms with E-state index in [1.165, 1.54) is 6.33 Å². The van der Waals surface area contributed by atoms with E-state index in [9.17, 15) is 4.79 Å². The number of carbonyl (C=O) groups is 1. The van der Waals surface area contributed by atoms with Crippen LogP contribution in [0.3, 0.4) is 0 Å². The van der Waals surface area contributed by atoms with Gasteiger partial charge < -0.3 is 16.0 Å². The number of nitrogens with zero attached hydrogens (tertiary/aromatic N) is 4. The molecular weight excluding hydrogens is 340 g/mol. The Bertz CT molecular complexity index is 782. The summed E-state index contributed by atoms with van der Waals surface area (Å²) in [6.45, 7) is 0.574. The molecule has 1 aliphatic carbocycles. The number of carbonyl (C=O) groups excluding carboxylic acids is 1. The topological polar surface area (TPSA) is 97.0 Å². The van der Waals surface area contributed by atoms with Crippen molar-refractivity contribution in [1.82, 2.24) is 19.9 Å². The summed E-state index contributed by atoms with van der Waals surface area (Å²) >= 11 is 6.15. The second-order valence-corrected chi connectivity index (χ2v) is 6.91. The Hall–Kier alpha value is -2.41. The Balaban J connectivity index is 1.57. The Kier molecular flexibility index (Phi) is 4.17. The molecule has 2 atom stereocenters. The molecule has 1 amide bonds. The summed E-state index contributed by atoms with van der Waals surface area (Å²) in [5, 5.41) is 3.54. The molecule has 2 aromatic rings. The first-order valence-corrected chi connectivity index (χ1v) is 8.74. The predicted octanol–water partition coefficient (Wildman–Crippen LogP) is 2.27.